The van der Waals surface area contributed by atoms with Gasteiger partial charge in [0.15, 0.2) is 0 Å². The molecule has 6 rings (SSSR count). The third-order valence-corrected chi connectivity index (χ3v) is 11.2. The van der Waals surface area contributed by atoms with Gasteiger partial charge in [-0.25, -0.2) is 12.8 Å². The molecule has 2 aromatic rings. The van der Waals surface area contributed by atoms with Gasteiger partial charge in [0, 0.05) is 55.8 Å². The van der Waals surface area contributed by atoms with Crippen molar-refractivity contribution >= 4 is 27.4 Å². The van der Waals surface area contributed by atoms with Gasteiger partial charge in [-0.1, -0.05) is 12.1 Å². The molecule has 246 valence electrons. The van der Waals surface area contributed by atoms with Crippen molar-refractivity contribution in [1.29, 1.82) is 0 Å². The van der Waals surface area contributed by atoms with E-state index in [0.29, 0.717) is 55.8 Å². The predicted octanol–water partition coefficient (Wildman–Crippen LogP) is 2.60. The average Bonchev–Trinajstić information content (AvgIpc) is 3.84. The highest BCUT2D eigenvalue weighted by Crippen LogP contribution is 2.38. The van der Waals surface area contributed by atoms with Crippen molar-refractivity contribution in [3.05, 3.63) is 47.3 Å². The van der Waals surface area contributed by atoms with Crippen LogP contribution in [0.25, 0.3) is 0 Å². The summed E-state index contributed by atoms with van der Waals surface area (Å²) >= 11 is 0. The Morgan fingerprint density at radius 3 is 2.47 bits per heavy atom. The zero-order chi connectivity index (χ0) is 31.9. The molecule has 1 unspecified atom stereocenters. The Kier molecular flexibility index (Phi) is 9.36. The zero-order valence-electron chi connectivity index (χ0n) is 26.5. The first-order valence-corrected chi connectivity index (χ1v) is 17.6. The number of amides is 1. The predicted molar refractivity (Wildman–Crippen MR) is 171 cm³/mol. The van der Waals surface area contributed by atoms with E-state index in [1.807, 2.05) is 6.92 Å². The molecular weight excluding hydrogens is 599 g/mol. The van der Waals surface area contributed by atoms with E-state index < -0.39 is 15.3 Å². The summed E-state index contributed by atoms with van der Waals surface area (Å²) in [5.41, 5.74) is 1.89. The molecule has 5 atom stereocenters. The molecule has 2 saturated heterocycles. The molecule has 0 radical (unpaired) electrons. The normalized spacial score (nSPS) is 27.9. The lowest BCUT2D eigenvalue weighted by Gasteiger charge is -2.46. The van der Waals surface area contributed by atoms with Gasteiger partial charge < -0.3 is 19.7 Å². The first kappa shape index (κ1) is 32.1. The number of rotatable bonds is 9. The van der Waals surface area contributed by atoms with E-state index in [9.17, 15) is 17.6 Å². The smallest absolute Gasteiger partial charge is 0.241 e. The van der Waals surface area contributed by atoms with Crippen molar-refractivity contribution in [1.82, 2.24) is 20.1 Å². The molecule has 3 fully saturated rings. The van der Waals surface area contributed by atoms with Gasteiger partial charge in [0.25, 0.3) is 0 Å². The molecule has 13 heteroatoms. The molecule has 2 N–H and O–H groups in total. The Labute approximate surface area is 265 Å². The molecule has 0 spiro atoms. The number of sulfonamides is 1. The van der Waals surface area contributed by atoms with Crippen LogP contribution in [0.5, 0.6) is 5.88 Å². The summed E-state index contributed by atoms with van der Waals surface area (Å²) in [6.45, 7) is 12.7. The molecule has 11 nitrogen and oxygen atoms in total. The van der Waals surface area contributed by atoms with Crippen molar-refractivity contribution in [2.45, 2.75) is 82.4 Å². The molecule has 45 heavy (non-hydrogen) atoms. The van der Waals surface area contributed by atoms with Gasteiger partial charge in [0.05, 0.1) is 31.1 Å². The van der Waals surface area contributed by atoms with Crippen LogP contribution in [0.2, 0.25) is 0 Å². The number of carbonyl (C=O) groups is 1. The van der Waals surface area contributed by atoms with Crippen LogP contribution in [0.15, 0.2) is 30.3 Å². The average molecular weight is 645 g/mol. The Morgan fingerprint density at radius 1 is 1.07 bits per heavy atom. The van der Waals surface area contributed by atoms with E-state index in [1.54, 1.807) is 23.1 Å². The minimum absolute atomic E-state index is 0.0601. The number of halogens is 1. The summed E-state index contributed by atoms with van der Waals surface area (Å²) in [6, 6.07) is 8.62. The molecule has 1 aromatic carbocycles. The first-order chi connectivity index (χ1) is 21.5. The summed E-state index contributed by atoms with van der Waals surface area (Å²) in [4.78, 5) is 25.4. The second kappa shape index (κ2) is 13.1. The third-order valence-electron chi connectivity index (χ3n) is 9.32. The van der Waals surface area contributed by atoms with E-state index in [0.717, 1.165) is 25.2 Å². The minimum atomic E-state index is -3.61. The van der Waals surface area contributed by atoms with E-state index in [-0.39, 0.29) is 54.7 Å². The number of hydrogen-bond donors (Lipinski definition) is 2. The summed E-state index contributed by atoms with van der Waals surface area (Å²) in [5, 5.41) is 3.16. The molecule has 3 aliphatic heterocycles. The lowest BCUT2D eigenvalue weighted by Crippen LogP contribution is -2.63. The number of pyridine rings is 1. The number of benzene rings is 1. The van der Waals surface area contributed by atoms with Crippen molar-refractivity contribution < 1.29 is 27.1 Å². The number of aromatic nitrogens is 1. The SMILES string of the molecule is CC1COc2nc(NS(=O)(=O)C3CC3)c(Cc3ccc(F)cc3)cc2N1C(=O)CN1C[C@@H](C)NC[C@@H]1CN1[C@H](C)COC[C@H]1C. The highest BCUT2D eigenvalue weighted by atomic mass is 32.2. The van der Waals surface area contributed by atoms with Crippen molar-refractivity contribution in [2.75, 3.05) is 55.6 Å². The fraction of sp³-hybridized carbons (Fsp3) is 0.625. The van der Waals surface area contributed by atoms with Gasteiger partial charge in [-0.2, -0.15) is 4.98 Å². The number of piperazine rings is 1. The fourth-order valence-corrected chi connectivity index (χ4v) is 8.00. The van der Waals surface area contributed by atoms with Crippen LogP contribution in [0.4, 0.5) is 15.9 Å². The number of morpholine rings is 1. The van der Waals surface area contributed by atoms with E-state index >= 15 is 0 Å². The van der Waals surface area contributed by atoms with Crippen LogP contribution >= 0.6 is 0 Å². The number of anilines is 2. The maximum absolute atomic E-state index is 14.2. The molecule has 0 bridgehead atoms. The van der Waals surface area contributed by atoms with Crippen LogP contribution < -0.4 is 19.7 Å². The van der Waals surface area contributed by atoms with Crippen LogP contribution in [-0.2, 0) is 26.0 Å². The number of carbonyl (C=O) groups excluding carboxylic acids is 1. The number of hydrogen-bond acceptors (Lipinski definition) is 9. The standard InChI is InChI=1S/C32H45FN6O5S/c1-20-14-37(27(13-34-20)15-38-21(2)17-43-18-22(38)3)16-30(40)39-23(4)19-44-32-29(39)12-25(11-24-5-7-26(33)8-6-24)31(35-32)36-45(41,42)28-9-10-28/h5-8,12,20-23,27-28,34H,9-11,13-19H2,1-4H3,(H,35,36)/t20-,21-,22-,23?,27-/m1/s1. The quantitative estimate of drug-likeness (QED) is 0.425. The highest BCUT2D eigenvalue weighted by molar-refractivity contribution is 7.93. The molecule has 4 aliphatic rings. The summed E-state index contributed by atoms with van der Waals surface area (Å²) in [5.74, 6) is -0.0141. The third kappa shape index (κ3) is 7.27. The molecule has 1 saturated carbocycles. The van der Waals surface area contributed by atoms with Gasteiger partial charge in [0.1, 0.15) is 23.9 Å². The van der Waals surface area contributed by atoms with Crippen molar-refractivity contribution in [2.24, 2.45) is 0 Å². The van der Waals surface area contributed by atoms with Gasteiger partial charge in [-0.15, -0.1) is 0 Å². The Hall–Kier alpha value is -2.84. The van der Waals surface area contributed by atoms with Crippen LogP contribution in [0.1, 0.15) is 51.7 Å². The van der Waals surface area contributed by atoms with E-state index in [1.165, 1.54) is 12.1 Å². The monoisotopic (exact) mass is 644 g/mol. The number of nitrogens with one attached hydrogen (secondary N) is 2. The minimum Gasteiger partial charge on any atom is -0.474 e. The molecule has 4 heterocycles. The van der Waals surface area contributed by atoms with Gasteiger partial charge in [-0.05, 0) is 64.3 Å². The maximum atomic E-state index is 14.2. The lowest BCUT2D eigenvalue weighted by molar-refractivity contribution is -0.122. The molecule has 1 amide bonds. The molecule has 1 aromatic heterocycles. The maximum Gasteiger partial charge on any atom is 0.241 e. The zero-order valence-corrected chi connectivity index (χ0v) is 27.4. The van der Waals surface area contributed by atoms with Crippen molar-refractivity contribution in [3.8, 4) is 5.88 Å². The van der Waals surface area contributed by atoms with Crippen LogP contribution in [0.3, 0.4) is 0 Å². The number of ether oxygens (including phenoxy) is 2. The first-order valence-electron chi connectivity index (χ1n) is 16.0. The topological polar surface area (TPSA) is 116 Å². The van der Waals surface area contributed by atoms with Gasteiger partial charge in [0.2, 0.25) is 21.8 Å². The summed E-state index contributed by atoms with van der Waals surface area (Å²) < 4.78 is 54.0. The lowest BCUT2D eigenvalue weighted by atomic mass is 10.0. The fourth-order valence-electron chi connectivity index (χ4n) is 6.63. The van der Waals surface area contributed by atoms with Crippen LogP contribution in [0, 0.1) is 5.82 Å². The van der Waals surface area contributed by atoms with Crippen LogP contribution in [-0.4, -0.2) is 111 Å². The van der Waals surface area contributed by atoms with Crippen molar-refractivity contribution in [3.63, 3.8) is 0 Å². The van der Waals surface area contributed by atoms with Gasteiger partial charge in [-0.3, -0.25) is 19.3 Å². The number of nitrogens with zero attached hydrogens (tertiary/aromatic N) is 4. The second-order valence-electron chi connectivity index (χ2n) is 13.2. The largest absolute Gasteiger partial charge is 0.474 e. The molecule has 1 aliphatic carbocycles. The number of fused-ring (bicyclic) bond motifs is 1. The highest BCUT2D eigenvalue weighted by Gasteiger charge is 2.39. The van der Waals surface area contributed by atoms with E-state index in [2.05, 4.69) is 45.6 Å². The summed E-state index contributed by atoms with van der Waals surface area (Å²) in [7, 11) is -3.61. The molecular formula is C32H45FN6O5S. The van der Waals surface area contributed by atoms with Gasteiger partial charge >= 0.3 is 0 Å². The Morgan fingerprint density at radius 2 is 1.78 bits per heavy atom. The Balaban J connectivity index is 1.28. The van der Waals surface area contributed by atoms with E-state index in [4.69, 9.17) is 9.47 Å². The summed E-state index contributed by atoms with van der Waals surface area (Å²) in [6.07, 6.45) is 1.52. The Bertz CT molecular complexity index is 1480. The second-order valence-corrected chi connectivity index (χ2v) is 15.2.